The fourth-order valence-electron chi connectivity index (χ4n) is 13.9. The lowest BCUT2D eigenvalue weighted by atomic mass is 9.95. The summed E-state index contributed by atoms with van der Waals surface area (Å²) in [5.41, 5.74) is 0. The van der Waals surface area contributed by atoms with E-state index in [4.69, 9.17) is 14.2 Å². The van der Waals surface area contributed by atoms with Gasteiger partial charge in [0.1, 0.15) is 6.23 Å². The Kier molecular flexibility index (Phi) is 136. The molecule has 120 heavy (non-hydrogen) atoms. The van der Waals surface area contributed by atoms with Crippen LogP contribution in [0.3, 0.4) is 0 Å². The van der Waals surface area contributed by atoms with Crippen LogP contribution in [0, 0.1) is 0 Å². The largest absolute Gasteiger partial charge is 0.381 e. The third kappa shape index (κ3) is 113. The first-order chi connectivity index (χ1) is 57.9. The molecule has 19 heteroatoms. The molecule has 740 valence electrons. The number of hydrogen-bond donors (Lipinski definition) is 13. The number of thioether (sulfide) groups is 3. The second-order valence-corrected chi connectivity index (χ2v) is 36.6. The average molecular weight is 1780 g/mol. The van der Waals surface area contributed by atoms with E-state index in [1.807, 2.05) is 138 Å². The summed E-state index contributed by atoms with van der Waals surface area (Å²) in [4.78, 5) is 0. The molecule has 16 nitrogen and oxygen atoms in total. The zero-order chi connectivity index (χ0) is 94.0. The van der Waals surface area contributed by atoms with E-state index in [0.717, 1.165) is 69.1 Å². The Morgan fingerprint density at radius 3 is 1.04 bits per heavy atom. The van der Waals surface area contributed by atoms with Gasteiger partial charge in [0, 0.05) is 141 Å². The number of nitrogens with one attached hydrogen (secondary N) is 13. The third-order valence-corrected chi connectivity index (χ3v) is 21.8. The van der Waals surface area contributed by atoms with E-state index in [2.05, 4.69) is 243 Å². The van der Waals surface area contributed by atoms with Crippen molar-refractivity contribution in [2.75, 3.05) is 94.5 Å². The number of hydrogen-bond acceptors (Lipinski definition) is 19. The first-order valence-electron chi connectivity index (χ1n) is 52.2. The highest BCUT2D eigenvalue weighted by Crippen LogP contribution is 2.24. The molecule has 1 saturated carbocycles. The maximum Gasteiger partial charge on any atom is 0.108 e. The molecule has 10 aliphatic rings. The van der Waals surface area contributed by atoms with Gasteiger partial charge in [-0.1, -0.05) is 261 Å². The number of ether oxygens (including phenoxy) is 3. The first-order valence-corrected chi connectivity index (χ1v) is 55.5. The molecule has 0 spiro atoms. The Bertz CT molecular complexity index is 1280. The summed E-state index contributed by atoms with van der Waals surface area (Å²) >= 11 is 6.25. The monoisotopic (exact) mass is 1770 g/mol. The molecule has 1 aliphatic carbocycles. The van der Waals surface area contributed by atoms with Gasteiger partial charge in [-0.05, 0) is 232 Å². The fourth-order valence-corrected chi connectivity index (χ4v) is 17.5. The van der Waals surface area contributed by atoms with Crippen molar-refractivity contribution < 1.29 is 14.2 Å². The van der Waals surface area contributed by atoms with Crippen LogP contribution in [-0.2, 0) is 14.2 Å². The van der Waals surface area contributed by atoms with Gasteiger partial charge in [0.2, 0.25) is 0 Å². The van der Waals surface area contributed by atoms with Crippen LogP contribution in [0.25, 0.3) is 0 Å². The van der Waals surface area contributed by atoms with Crippen molar-refractivity contribution >= 4 is 35.3 Å². The molecule has 0 bridgehead atoms. The molecule has 9 aliphatic heterocycles. The van der Waals surface area contributed by atoms with E-state index in [0.29, 0.717) is 90.9 Å². The van der Waals surface area contributed by atoms with Crippen LogP contribution in [0.2, 0.25) is 0 Å². The lowest BCUT2D eigenvalue weighted by Gasteiger charge is -2.26. The van der Waals surface area contributed by atoms with E-state index >= 15 is 0 Å². The molecular formula is C101H235N13O3S3. The molecule has 9 heterocycles. The van der Waals surface area contributed by atoms with Crippen LogP contribution in [-0.4, -0.2) is 215 Å². The van der Waals surface area contributed by atoms with Crippen molar-refractivity contribution in [1.29, 1.82) is 0 Å². The second kappa shape index (κ2) is 115. The van der Waals surface area contributed by atoms with Gasteiger partial charge in [0.25, 0.3) is 0 Å². The molecule has 10 fully saturated rings. The molecule has 13 N–H and O–H groups in total. The Balaban J connectivity index is -0.000000137. The summed E-state index contributed by atoms with van der Waals surface area (Å²) in [6.07, 6.45) is 35.5. The highest BCUT2D eigenvalue weighted by Gasteiger charge is 2.20. The highest BCUT2D eigenvalue weighted by atomic mass is 32.2. The Hall–Kier alpha value is 0.410. The van der Waals surface area contributed by atoms with Crippen molar-refractivity contribution in [2.45, 2.75) is 564 Å². The molecule has 6 atom stereocenters. The summed E-state index contributed by atoms with van der Waals surface area (Å²) in [6.45, 7) is 94.6. The van der Waals surface area contributed by atoms with Crippen molar-refractivity contribution in [1.82, 2.24) is 69.1 Å². The van der Waals surface area contributed by atoms with Crippen LogP contribution in [0.4, 0.5) is 0 Å². The maximum atomic E-state index is 5.48. The normalized spacial score (nSPS) is 21.4. The zero-order valence-electron chi connectivity index (χ0n) is 89.5. The predicted molar refractivity (Wildman–Crippen MR) is 563 cm³/mol. The molecule has 10 rings (SSSR count). The minimum atomic E-state index is 0.328. The predicted octanol–water partition coefficient (Wildman–Crippen LogP) is 25.0. The van der Waals surface area contributed by atoms with E-state index in [9.17, 15) is 0 Å². The number of piperidine rings is 3. The van der Waals surface area contributed by atoms with Gasteiger partial charge in [-0.3, -0.25) is 10.6 Å². The quantitative estimate of drug-likeness (QED) is 0.0552. The molecular weight excluding hydrogens is 1540 g/mol. The van der Waals surface area contributed by atoms with Crippen LogP contribution in [0.5, 0.6) is 0 Å². The fraction of sp³-hybridized carbons (Fsp3) is 1.00. The topological polar surface area (TPSA) is 184 Å². The van der Waals surface area contributed by atoms with Gasteiger partial charge in [-0.2, -0.15) is 23.5 Å². The van der Waals surface area contributed by atoms with E-state index in [1.165, 1.54) is 222 Å². The molecule has 0 aromatic rings. The third-order valence-electron chi connectivity index (χ3n) is 18.2. The van der Waals surface area contributed by atoms with Crippen LogP contribution >= 0.6 is 35.3 Å². The zero-order valence-corrected chi connectivity index (χ0v) is 91.9. The molecule has 0 aromatic carbocycles. The lowest BCUT2D eigenvalue weighted by Crippen LogP contribution is -2.47. The number of rotatable bonds is 20. The standard InChI is InChI=1S/C9H19N.3C8H18N2.3C8H17NO.3C8H17NS.10C2H6/c1-8(2)10-9-6-4-3-5-7-9;1-7(2)10-8-3-5-9-6-4-8;1-7(2)10-8-4-3-5-9-6-8;1-7(2)10-8-5-3-4-6-9-8;1-7(2)9-8-3-5-10-6-4-8;1-7(2)9-8-4-3-5-10-6-8;1-7(2)9-8-5-3-4-6-10-8;1-7(2)9-8-3-5-10-6-4-8;1-7(2)9-8-4-3-5-10-6-8;1-7(2)9-8-5-3-4-6-10-8;10*1-2/h8-10H,3-7H2,1-2H3;3*7-10H,3-6H2,1-2H3;6*7-9H,3-6H2,1-2H3;10*1-2H3. The van der Waals surface area contributed by atoms with Crippen LogP contribution < -0.4 is 69.1 Å². The summed E-state index contributed by atoms with van der Waals surface area (Å²) in [5, 5.41) is 46.0. The summed E-state index contributed by atoms with van der Waals surface area (Å²) in [7, 11) is 0. The van der Waals surface area contributed by atoms with Crippen LogP contribution in [0.15, 0.2) is 0 Å². The van der Waals surface area contributed by atoms with Gasteiger partial charge < -0.3 is 72.7 Å². The molecule has 0 amide bonds. The summed E-state index contributed by atoms with van der Waals surface area (Å²) < 4.78 is 16.0. The van der Waals surface area contributed by atoms with E-state index < -0.39 is 0 Å². The van der Waals surface area contributed by atoms with Crippen molar-refractivity contribution in [3.05, 3.63) is 0 Å². The molecule has 0 aromatic heterocycles. The molecule has 0 radical (unpaired) electrons. The van der Waals surface area contributed by atoms with Gasteiger partial charge in [-0.15, -0.1) is 11.8 Å². The second-order valence-electron chi connectivity index (χ2n) is 32.9. The Labute approximate surface area is 772 Å². The molecule has 6 unspecified atom stereocenters. The highest BCUT2D eigenvalue weighted by molar-refractivity contribution is 8.00. The lowest BCUT2D eigenvalue weighted by molar-refractivity contribution is -0.00992. The van der Waals surface area contributed by atoms with Gasteiger partial charge >= 0.3 is 0 Å². The van der Waals surface area contributed by atoms with Crippen LogP contribution in [0.1, 0.15) is 444 Å². The van der Waals surface area contributed by atoms with Gasteiger partial charge in [0.15, 0.2) is 0 Å². The Morgan fingerprint density at radius 1 is 0.250 bits per heavy atom. The van der Waals surface area contributed by atoms with E-state index in [1.54, 1.807) is 0 Å². The Morgan fingerprint density at radius 2 is 0.650 bits per heavy atom. The van der Waals surface area contributed by atoms with Crippen molar-refractivity contribution in [3.8, 4) is 0 Å². The SMILES string of the molecule is CC.CC.CC.CC.CC.CC.CC.CC.CC.CC.CC(C)NC1CCCCC1.CC(C)NC1CCCCN1.CC(C)NC1CCCCO1.CC(C)NC1CCCCS1.CC(C)NC1CCCNC1.CC(C)NC1CCCOC1.CC(C)NC1CCCSC1.CC(C)NC1CCNCC1.CC(C)NC1CCOCC1.CC(C)NC1CCSCC1. The average Bonchev–Trinajstić information content (AvgIpc) is 1.04. The molecule has 9 saturated heterocycles. The minimum Gasteiger partial charge on any atom is -0.381 e. The summed E-state index contributed by atoms with van der Waals surface area (Å²) in [6, 6.07) is 11.5. The minimum absolute atomic E-state index is 0.328. The van der Waals surface area contributed by atoms with Gasteiger partial charge in [-0.25, -0.2) is 0 Å². The smallest absolute Gasteiger partial charge is 0.108 e. The van der Waals surface area contributed by atoms with Crippen molar-refractivity contribution in [2.24, 2.45) is 0 Å². The maximum absolute atomic E-state index is 5.48. The summed E-state index contributed by atoms with van der Waals surface area (Å²) in [5.74, 6) is 6.74. The van der Waals surface area contributed by atoms with E-state index in [-0.39, 0.29) is 0 Å². The van der Waals surface area contributed by atoms with Gasteiger partial charge in [0.05, 0.1) is 18.1 Å². The van der Waals surface area contributed by atoms with Crippen molar-refractivity contribution in [3.63, 3.8) is 0 Å². The first kappa shape index (κ1) is 141.